The first kappa shape index (κ1) is 19.7. The highest BCUT2D eigenvalue weighted by molar-refractivity contribution is 5.78. The Morgan fingerprint density at radius 1 is 1.11 bits per heavy atom. The SMILES string of the molecule is CCNc1cc(C)nc(N2CCN(C(=O)COc3ccc(OC)cc3)CC2)n1. The maximum absolute atomic E-state index is 12.4. The van der Waals surface area contributed by atoms with Gasteiger partial charge in [0.25, 0.3) is 5.91 Å². The van der Waals surface area contributed by atoms with Gasteiger partial charge in [-0.1, -0.05) is 0 Å². The van der Waals surface area contributed by atoms with E-state index >= 15 is 0 Å². The van der Waals surface area contributed by atoms with E-state index in [4.69, 9.17) is 9.47 Å². The van der Waals surface area contributed by atoms with E-state index in [1.165, 1.54) is 0 Å². The summed E-state index contributed by atoms with van der Waals surface area (Å²) in [7, 11) is 1.61. The predicted molar refractivity (Wildman–Crippen MR) is 108 cm³/mol. The Balaban J connectivity index is 1.51. The first-order valence-electron chi connectivity index (χ1n) is 9.48. The summed E-state index contributed by atoms with van der Waals surface area (Å²) in [6.45, 7) is 7.48. The van der Waals surface area contributed by atoms with E-state index in [-0.39, 0.29) is 12.5 Å². The number of nitrogens with one attached hydrogen (secondary N) is 1. The van der Waals surface area contributed by atoms with Gasteiger partial charge in [0.15, 0.2) is 6.61 Å². The lowest BCUT2D eigenvalue weighted by atomic mass is 10.3. The quantitative estimate of drug-likeness (QED) is 0.780. The van der Waals surface area contributed by atoms with Crippen LogP contribution in [0.2, 0.25) is 0 Å². The molecule has 1 amide bonds. The van der Waals surface area contributed by atoms with E-state index in [0.29, 0.717) is 37.9 Å². The lowest BCUT2D eigenvalue weighted by molar-refractivity contribution is -0.133. The number of nitrogens with zero attached hydrogens (tertiary/aromatic N) is 4. The van der Waals surface area contributed by atoms with E-state index in [9.17, 15) is 4.79 Å². The van der Waals surface area contributed by atoms with Gasteiger partial charge in [-0.2, -0.15) is 4.98 Å². The van der Waals surface area contributed by atoms with Gasteiger partial charge in [0.2, 0.25) is 5.95 Å². The van der Waals surface area contributed by atoms with Gasteiger partial charge in [-0.15, -0.1) is 0 Å². The molecule has 3 rings (SSSR count). The van der Waals surface area contributed by atoms with Crippen LogP contribution in [0.25, 0.3) is 0 Å². The summed E-state index contributed by atoms with van der Waals surface area (Å²) in [6, 6.07) is 9.13. The molecule has 0 unspecified atom stereocenters. The number of methoxy groups -OCH3 is 1. The second-order valence-corrected chi connectivity index (χ2v) is 6.56. The van der Waals surface area contributed by atoms with Crippen molar-refractivity contribution < 1.29 is 14.3 Å². The third-order valence-corrected chi connectivity index (χ3v) is 4.54. The maximum Gasteiger partial charge on any atom is 0.260 e. The van der Waals surface area contributed by atoms with Crippen molar-refractivity contribution >= 4 is 17.7 Å². The van der Waals surface area contributed by atoms with Crippen LogP contribution in [0.5, 0.6) is 11.5 Å². The van der Waals surface area contributed by atoms with Crippen molar-refractivity contribution in [3.8, 4) is 11.5 Å². The largest absolute Gasteiger partial charge is 0.497 e. The second-order valence-electron chi connectivity index (χ2n) is 6.56. The highest BCUT2D eigenvalue weighted by atomic mass is 16.5. The van der Waals surface area contributed by atoms with Crippen molar-refractivity contribution in [1.29, 1.82) is 0 Å². The number of hydrogen-bond donors (Lipinski definition) is 1. The van der Waals surface area contributed by atoms with Crippen molar-refractivity contribution in [2.45, 2.75) is 13.8 Å². The number of carbonyl (C=O) groups is 1. The Kier molecular flexibility index (Phi) is 6.52. The Bertz CT molecular complexity index is 789. The normalized spacial score (nSPS) is 14.0. The van der Waals surface area contributed by atoms with E-state index in [2.05, 4.69) is 20.2 Å². The molecule has 1 aliphatic rings. The predicted octanol–water partition coefficient (Wildman–Crippen LogP) is 1.95. The Labute approximate surface area is 165 Å². The molecule has 0 saturated carbocycles. The molecule has 1 aromatic carbocycles. The average Bonchev–Trinajstić information content (AvgIpc) is 2.72. The van der Waals surface area contributed by atoms with Gasteiger partial charge in [0.05, 0.1) is 7.11 Å². The zero-order valence-electron chi connectivity index (χ0n) is 16.6. The molecule has 8 heteroatoms. The molecule has 1 N–H and O–H groups in total. The maximum atomic E-state index is 12.4. The van der Waals surface area contributed by atoms with Gasteiger partial charge in [-0.25, -0.2) is 4.98 Å². The van der Waals surface area contributed by atoms with Crippen LogP contribution < -0.4 is 19.7 Å². The summed E-state index contributed by atoms with van der Waals surface area (Å²) < 4.78 is 10.7. The number of aromatic nitrogens is 2. The average molecular weight is 385 g/mol. The van der Waals surface area contributed by atoms with E-state index in [1.807, 2.05) is 36.9 Å². The Hall–Kier alpha value is -3.03. The summed E-state index contributed by atoms with van der Waals surface area (Å²) in [6.07, 6.45) is 0. The van der Waals surface area contributed by atoms with E-state index in [0.717, 1.165) is 23.8 Å². The summed E-state index contributed by atoms with van der Waals surface area (Å²) in [5.41, 5.74) is 0.923. The van der Waals surface area contributed by atoms with Gasteiger partial charge in [-0.3, -0.25) is 4.79 Å². The smallest absolute Gasteiger partial charge is 0.260 e. The molecule has 28 heavy (non-hydrogen) atoms. The monoisotopic (exact) mass is 385 g/mol. The molecular weight excluding hydrogens is 358 g/mol. The summed E-state index contributed by atoms with van der Waals surface area (Å²) in [5.74, 6) is 2.92. The third-order valence-electron chi connectivity index (χ3n) is 4.54. The lowest BCUT2D eigenvalue weighted by Crippen LogP contribution is -2.50. The number of aryl methyl sites for hydroxylation is 1. The van der Waals surface area contributed by atoms with Gasteiger partial charge < -0.3 is 24.6 Å². The lowest BCUT2D eigenvalue weighted by Gasteiger charge is -2.34. The number of hydrogen-bond acceptors (Lipinski definition) is 7. The van der Waals surface area contributed by atoms with Crippen LogP contribution in [0.15, 0.2) is 30.3 Å². The summed E-state index contributed by atoms with van der Waals surface area (Å²) >= 11 is 0. The van der Waals surface area contributed by atoms with Crippen LogP contribution in [-0.2, 0) is 4.79 Å². The van der Waals surface area contributed by atoms with Gasteiger partial charge in [-0.05, 0) is 38.1 Å². The van der Waals surface area contributed by atoms with Crippen molar-refractivity contribution in [1.82, 2.24) is 14.9 Å². The molecule has 1 aromatic heterocycles. The van der Waals surface area contributed by atoms with Crippen LogP contribution in [0.3, 0.4) is 0 Å². The molecule has 0 aliphatic carbocycles. The topological polar surface area (TPSA) is 79.8 Å². The number of benzene rings is 1. The fraction of sp³-hybridized carbons (Fsp3) is 0.450. The molecule has 1 fully saturated rings. The molecule has 150 valence electrons. The van der Waals surface area contributed by atoms with Gasteiger partial charge >= 0.3 is 0 Å². The van der Waals surface area contributed by atoms with Gasteiger partial charge in [0, 0.05) is 44.5 Å². The Morgan fingerprint density at radius 3 is 2.43 bits per heavy atom. The molecule has 0 spiro atoms. The molecule has 0 bridgehead atoms. The molecular formula is C20H27N5O3. The minimum atomic E-state index is -0.0195. The third kappa shape index (κ3) is 5.03. The number of rotatable bonds is 7. The molecule has 0 radical (unpaired) electrons. The molecule has 0 atom stereocenters. The van der Waals surface area contributed by atoms with Crippen LogP contribution in [0.4, 0.5) is 11.8 Å². The fourth-order valence-corrected chi connectivity index (χ4v) is 3.03. The number of piperazine rings is 1. The summed E-state index contributed by atoms with van der Waals surface area (Å²) in [5, 5.41) is 3.23. The molecule has 1 aliphatic heterocycles. The minimum absolute atomic E-state index is 0.0195. The second kappa shape index (κ2) is 9.25. The number of amides is 1. The first-order chi connectivity index (χ1) is 13.6. The number of carbonyl (C=O) groups excluding carboxylic acids is 1. The van der Waals surface area contributed by atoms with Crippen LogP contribution in [0, 0.1) is 6.92 Å². The fourth-order valence-electron chi connectivity index (χ4n) is 3.03. The zero-order valence-corrected chi connectivity index (χ0v) is 16.6. The molecule has 1 saturated heterocycles. The molecule has 2 aromatic rings. The zero-order chi connectivity index (χ0) is 19.9. The molecule has 2 heterocycles. The van der Waals surface area contributed by atoms with Crippen molar-refractivity contribution in [3.05, 3.63) is 36.0 Å². The highest BCUT2D eigenvalue weighted by Gasteiger charge is 2.23. The van der Waals surface area contributed by atoms with Crippen molar-refractivity contribution in [2.75, 3.05) is 56.7 Å². The van der Waals surface area contributed by atoms with Crippen molar-refractivity contribution in [3.63, 3.8) is 0 Å². The van der Waals surface area contributed by atoms with E-state index < -0.39 is 0 Å². The standard InChI is InChI=1S/C20H27N5O3/c1-4-21-18-13-15(2)22-20(23-18)25-11-9-24(10-12-25)19(26)14-28-17-7-5-16(27-3)6-8-17/h5-8,13H,4,9-12,14H2,1-3H3,(H,21,22,23). The minimum Gasteiger partial charge on any atom is -0.497 e. The van der Waals surface area contributed by atoms with E-state index in [1.54, 1.807) is 19.2 Å². The molecule has 8 nitrogen and oxygen atoms in total. The summed E-state index contributed by atoms with van der Waals surface area (Å²) in [4.78, 5) is 25.5. The first-order valence-corrected chi connectivity index (χ1v) is 9.48. The van der Waals surface area contributed by atoms with Crippen LogP contribution in [0.1, 0.15) is 12.6 Å². The van der Waals surface area contributed by atoms with Crippen LogP contribution >= 0.6 is 0 Å². The van der Waals surface area contributed by atoms with Gasteiger partial charge in [0.1, 0.15) is 17.3 Å². The van der Waals surface area contributed by atoms with Crippen LogP contribution in [-0.4, -0.2) is 67.2 Å². The number of anilines is 2. The van der Waals surface area contributed by atoms with Crippen molar-refractivity contribution in [2.24, 2.45) is 0 Å². The highest BCUT2D eigenvalue weighted by Crippen LogP contribution is 2.18. The number of ether oxygens (including phenoxy) is 2. The Morgan fingerprint density at radius 2 is 1.79 bits per heavy atom.